The van der Waals surface area contributed by atoms with Crippen molar-refractivity contribution in [3.8, 4) is 0 Å². The molecule has 0 amide bonds. The highest BCUT2D eigenvalue weighted by Gasteiger charge is 2.26. The Labute approximate surface area is 124 Å². The Morgan fingerprint density at radius 2 is 1.83 bits per heavy atom. The monoisotopic (exact) mass is 358 g/mol. The number of nitrogens with one attached hydrogen (secondary N) is 1. The van der Waals surface area contributed by atoms with E-state index in [2.05, 4.69) is 70.9 Å². The lowest BCUT2D eigenvalue weighted by Gasteiger charge is -2.38. The first-order valence-electron chi connectivity index (χ1n) is 6.92. The van der Waals surface area contributed by atoms with Crippen molar-refractivity contribution in [1.82, 2.24) is 10.2 Å². The minimum absolute atomic E-state index is 0.578. The molecule has 18 heavy (non-hydrogen) atoms. The maximum atomic E-state index is 3.44. The fraction of sp³-hybridized carbons (Fsp3) is 0.600. The van der Waals surface area contributed by atoms with Gasteiger partial charge in [0.15, 0.2) is 0 Å². The molecular weight excluding hydrogens is 335 g/mol. The van der Waals surface area contributed by atoms with Gasteiger partial charge in [0.05, 0.1) is 0 Å². The largest absolute Gasteiger partial charge is 0.314 e. The van der Waals surface area contributed by atoms with E-state index >= 15 is 0 Å². The Morgan fingerprint density at radius 3 is 2.39 bits per heavy atom. The predicted octanol–water partition coefficient (Wildman–Crippen LogP) is 3.28. The minimum Gasteiger partial charge on any atom is -0.314 e. The molecule has 1 N–H and O–H groups in total. The lowest BCUT2D eigenvalue weighted by Crippen LogP contribution is -2.46. The standard InChI is InChI=1S/C15H23IN2/c1-3-12(2)15(18-10-8-17-9-11-18)13-4-6-14(16)7-5-13/h4-7,12,15,17H,3,8-11H2,1-2H3/t12?,15-/m0/s1. The van der Waals surface area contributed by atoms with Gasteiger partial charge in [-0.1, -0.05) is 32.4 Å². The van der Waals surface area contributed by atoms with Gasteiger partial charge in [-0.2, -0.15) is 0 Å². The van der Waals surface area contributed by atoms with Crippen LogP contribution in [0.5, 0.6) is 0 Å². The molecule has 2 nitrogen and oxygen atoms in total. The Balaban J connectivity index is 2.20. The van der Waals surface area contributed by atoms with Crippen LogP contribution in [0.2, 0.25) is 0 Å². The second kappa shape index (κ2) is 6.87. The van der Waals surface area contributed by atoms with Crippen molar-refractivity contribution in [2.45, 2.75) is 26.3 Å². The molecule has 0 saturated carbocycles. The summed E-state index contributed by atoms with van der Waals surface area (Å²) in [5.41, 5.74) is 1.48. The SMILES string of the molecule is CCC(C)[C@@H](c1ccc(I)cc1)N1CCNCC1. The fourth-order valence-corrected chi connectivity index (χ4v) is 3.10. The van der Waals surface area contributed by atoms with Crippen LogP contribution < -0.4 is 5.32 Å². The quantitative estimate of drug-likeness (QED) is 0.831. The molecule has 1 heterocycles. The van der Waals surface area contributed by atoms with E-state index in [1.54, 1.807) is 0 Å². The number of nitrogens with zero attached hydrogens (tertiary/aromatic N) is 1. The molecule has 0 spiro atoms. The third-order valence-electron chi connectivity index (χ3n) is 3.94. The number of piperazine rings is 1. The summed E-state index contributed by atoms with van der Waals surface area (Å²) in [5.74, 6) is 0.711. The van der Waals surface area contributed by atoms with Crippen LogP contribution in [0.3, 0.4) is 0 Å². The van der Waals surface area contributed by atoms with Gasteiger partial charge >= 0.3 is 0 Å². The predicted molar refractivity (Wildman–Crippen MR) is 85.8 cm³/mol. The second-order valence-electron chi connectivity index (χ2n) is 5.17. The number of halogens is 1. The van der Waals surface area contributed by atoms with E-state index in [0.29, 0.717) is 12.0 Å². The fourth-order valence-electron chi connectivity index (χ4n) is 2.74. The van der Waals surface area contributed by atoms with Crippen molar-refractivity contribution in [2.24, 2.45) is 5.92 Å². The normalized spacial score (nSPS) is 20.6. The van der Waals surface area contributed by atoms with Crippen LogP contribution >= 0.6 is 22.6 Å². The van der Waals surface area contributed by atoms with Crippen molar-refractivity contribution in [3.05, 3.63) is 33.4 Å². The molecule has 1 aromatic carbocycles. The van der Waals surface area contributed by atoms with E-state index in [0.717, 1.165) is 13.1 Å². The Morgan fingerprint density at radius 1 is 1.22 bits per heavy atom. The third kappa shape index (κ3) is 3.45. The van der Waals surface area contributed by atoms with E-state index in [1.165, 1.54) is 28.6 Å². The van der Waals surface area contributed by atoms with Crippen LogP contribution in [-0.4, -0.2) is 31.1 Å². The van der Waals surface area contributed by atoms with Crippen LogP contribution in [0.4, 0.5) is 0 Å². The number of hydrogen-bond donors (Lipinski definition) is 1. The second-order valence-corrected chi connectivity index (χ2v) is 6.41. The third-order valence-corrected chi connectivity index (χ3v) is 4.66. The summed E-state index contributed by atoms with van der Waals surface area (Å²) in [6.45, 7) is 9.26. The highest BCUT2D eigenvalue weighted by atomic mass is 127. The van der Waals surface area contributed by atoms with E-state index in [9.17, 15) is 0 Å². The molecule has 2 rings (SSSR count). The van der Waals surface area contributed by atoms with Crippen molar-refractivity contribution in [1.29, 1.82) is 0 Å². The van der Waals surface area contributed by atoms with Gasteiger partial charge in [-0.25, -0.2) is 0 Å². The molecule has 1 aromatic rings. The molecule has 2 atom stereocenters. The van der Waals surface area contributed by atoms with Gasteiger partial charge in [0.25, 0.3) is 0 Å². The molecule has 0 radical (unpaired) electrons. The van der Waals surface area contributed by atoms with E-state index < -0.39 is 0 Å². The smallest absolute Gasteiger partial charge is 0.0374 e. The van der Waals surface area contributed by atoms with Gasteiger partial charge in [-0.3, -0.25) is 4.90 Å². The first-order chi connectivity index (χ1) is 8.72. The Kier molecular flexibility index (Phi) is 5.45. The molecule has 0 aromatic heterocycles. The lowest BCUT2D eigenvalue weighted by atomic mass is 9.90. The average molecular weight is 358 g/mol. The molecule has 100 valence electrons. The summed E-state index contributed by atoms with van der Waals surface area (Å²) in [4.78, 5) is 2.65. The van der Waals surface area contributed by atoms with Gasteiger partial charge in [0.2, 0.25) is 0 Å². The first kappa shape index (κ1) is 14.3. The summed E-state index contributed by atoms with van der Waals surface area (Å²) < 4.78 is 1.32. The van der Waals surface area contributed by atoms with E-state index in [4.69, 9.17) is 0 Å². The summed E-state index contributed by atoms with van der Waals surface area (Å²) in [5, 5.41) is 3.44. The van der Waals surface area contributed by atoms with Gasteiger partial charge in [0, 0.05) is 35.8 Å². The van der Waals surface area contributed by atoms with Crippen LogP contribution in [0, 0.1) is 9.49 Å². The molecule has 1 fully saturated rings. The zero-order valence-electron chi connectivity index (χ0n) is 11.3. The number of rotatable bonds is 4. The number of hydrogen-bond acceptors (Lipinski definition) is 2. The number of benzene rings is 1. The summed E-state index contributed by atoms with van der Waals surface area (Å²) >= 11 is 2.38. The van der Waals surface area contributed by atoms with Gasteiger partial charge < -0.3 is 5.32 Å². The molecule has 1 aliphatic rings. The summed E-state index contributed by atoms with van der Waals surface area (Å²) in [7, 11) is 0. The summed E-state index contributed by atoms with van der Waals surface area (Å²) in [6.07, 6.45) is 1.24. The average Bonchev–Trinajstić information content (AvgIpc) is 2.42. The lowest BCUT2D eigenvalue weighted by molar-refractivity contribution is 0.128. The zero-order chi connectivity index (χ0) is 13.0. The molecule has 1 unspecified atom stereocenters. The van der Waals surface area contributed by atoms with Crippen LogP contribution in [0.1, 0.15) is 31.9 Å². The Bertz CT molecular complexity index is 357. The zero-order valence-corrected chi connectivity index (χ0v) is 13.5. The minimum atomic E-state index is 0.578. The maximum absolute atomic E-state index is 3.44. The highest BCUT2D eigenvalue weighted by molar-refractivity contribution is 14.1. The van der Waals surface area contributed by atoms with Crippen molar-refractivity contribution in [3.63, 3.8) is 0 Å². The van der Waals surface area contributed by atoms with Gasteiger partial charge in [-0.05, 0) is 46.2 Å². The van der Waals surface area contributed by atoms with Crippen molar-refractivity contribution >= 4 is 22.6 Å². The molecule has 0 bridgehead atoms. The van der Waals surface area contributed by atoms with Crippen LogP contribution in [0.25, 0.3) is 0 Å². The first-order valence-corrected chi connectivity index (χ1v) is 8.00. The van der Waals surface area contributed by atoms with E-state index in [-0.39, 0.29) is 0 Å². The van der Waals surface area contributed by atoms with Gasteiger partial charge in [-0.15, -0.1) is 0 Å². The topological polar surface area (TPSA) is 15.3 Å². The molecular formula is C15H23IN2. The molecule has 1 saturated heterocycles. The summed E-state index contributed by atoms with van der Waals surface area (Å²) in [6, 6.07) is 9.65. The molecule has 1 aliphatic heterocycles. The molecule has 3 heteroatoms. The Hall–Kier alpha value is -0.130. The maximum Gasteiger partial charge on any atom is 0.0374 e. The van der Waals surface area contributed by atoms with Gasteiger partial charge in [0.1, 0.15) is 0 Å². The van der Waals surface area contributed by atoms with Crippen molar-refractivity contribution < 1.29 is 0 Å². The van der Waals surface area contributed by atoms with Crippen LogP contribution in [-0.2, 0) is 0 Å². The molecule has 0 aliphatic carbocycles. The van der Waals surface area contributed by atoms with Crippen LogP contribution in [0.15, 0.2) is 24.3 Å². The van der Waals surface area contributed by atoms with E-state index in [1.807, 2.05) is 0 Å². The highest BCUT2D eigenvalue weighted by Crippen LogP contribution is 2.31. The van der Waals surface area contributed by atoms with Crippen molar-refractivity contribution in [2.75, 3.05) is 26.2 Å².